The highest BCUT2D eigenvalue weighted by Crippen LogP contribution is 2.33. The van der Waals surface area contributed by atoms with Gasteiger partial charge in [-0.25, -0.2) is 4.79 Å². The number of fused-ring (bicyclic) bond motifs is 1. The van der Waals surface area contributed by atoms with Crippen LogP contribution in [0.1, 0.15) is 0 Å². The zero-order valence-corrected chi connectivity index (χ0v) is 12.9. The van der Waals surface area contributed by atoms with Crippen LogP contribution in [0.15, 0.2) is 57.7 Å². The number of benzene rings is 2. The van der Waals surface area contributed by atoms with Crippen LogP contribution in [0.2, 0.25) is 0 Å². The van der Waals surface area contributed by atoms with Crippen molar-refractivity contribution in [2.75, 3.05) is 13.2 Å². The first kappa shape index (κ1) is 16.3. The number of nitro groups is 1. The third-order valence-corrected chi connectivity index (χ3v) is 3.37. The largest absolute Gasteiger partial charge is 0.501 e. The predicted molar refractivity (Wildman–Crippen MR) is 88.2 cm³/mol. The van der Waals surface area contributed by atoms with Crippen molar-refractivity contribution in [1.29, 1.82) is 0 Å². The molecule has 1 heterocycles. The Labute approximate surface area is 141 Å². The SMILES string of the molecule is O=c1oc2ccc(OCCOc3ccccc3)cc2c(O)c1[N+](=O)[O-]. The molecule has 0 radical (unpaired) electrons. The van der Waals surface area contributed by atoms with Crippen molar-refractivity contribution in [3.8, 4) is 17.2 Å². The summed E-state index contributed by atoms with van der Waals surface area (Å²) < 4.78 is 15.8. The monoisotopic (exact) mass is 343 g/mol. The van der Waals surface area contributed by atoms with Crippen LogP contribution in [0.25, 0.3) is 11.0 Å². The lowest BCUT2D eigenvalue weighted by Gasteiger charge is -2.09. The molecule has 3 aromatic rings. The molecular formula is C17H13NO7. The third kappa shape index (κ3) is 3.52. The number of rotatable bonds is 6. The topological polar surface area (TPSA) is 112 Å². The summed E-state index contributed by atoms with van der Waals surface area (Å²) in [6.07, 6.45) is 0. The van der Waals surface area contributed by atoms with Gasteiger partial charge in [-0.15, -0.1) is 0 Å². The van der Waals surface area contributed by atoms with E-state index < -0.39 is 22.0 Å². The zero-order valence-electron chi connectivity index (χ0n) is 12.9. The molecule has 0 atom stereocenters. The highest BCUT2D eigenvalue weighted by atomic mass is 16.6. The summed E-state index contributed by atoms with van der Waals surface area (Å²) in [5.41, 5.74) is -2.18. The molecule has 25 heavy (non-hydrogen) atoms. The van der Waals surface area contributed by atoms with E-state index in [9.17, 15) is 20.0 Å². The van der Waals surface area contributed by atoms with E-state index in [-0.39, 0.29) is 24.2 Å². The fraction of sp³-hybridized carbons (Fsp3) is 0.118. The maximum absolute atomic E-state index is 11.5. The minimum Gasteiger partial charge on any atom is -0.501 e. The molecule has 0 unspecified atom stereocenters. The minimum atomic E-state index is -1.21. The van der Waals surface area contributed by atoms with Crippen molar-refractivity contribution in [2.24, 2.45) is 0 Å². The lowest BCUT2D eigenvalue weighted by Crippen LogP contribution is -2.09. The van der Waals surface area contributed by atoms with E-state index in [1.54, 1.807) is 0 Å². The van der Waals surface area contributed by atoms with Gasteiger partial charge in [0.2, 0.25) is 5.75 Å². The average molecular weight is 343 g/mol. The Balaban J connectivity index is 1.74. The molecule has 1 aromatic heterocycles. The van der Waals surface area contributed by atoms with Crippen LogP contribution in [0.4, 0.5) is 5.69 Å². The second-order valence-electron chi connectivity index (χ2n) is 5.01. The maximum Gasteiger partial charge on any atom is 0.419 e. The molecule has 0 aliphatic carbocycles. The van der Waals surface area contributed by atoms with Crippen LogP contribution in [-0.2, 0) is 0 Å². The van der Waals surface area contributed by atoms with E-state index in [4.69, 9.17) is 13.9 Å². The quantitative estimate of drug-likeness (QED) is 0.317. The summed E-state index contributed by atoms with van der Waals surface area (Å²) in [5.74, 6) is 0.310. The molecule has 0 aliphatic heterocycles. The summed E-state index contributed by atoms with van der Waals surface area (Å²) >= 11 is 0. The molecule has 0 saturated heterocycles. The van der Waals surface area contributed by atoms with E-state index in [0.29, 0.717) is 11.5 Å². The van der Waals surface area contributed by atoms with Gasteiger partial charge in [0.1, 0.15) is 30.3 Å². The van der Waals surface area contributed by atoms with Crippen molar-refractivity contribution in [3.63, 3.8) is 0 Å². The summed E-state index contributed by atoms with van der Waals surface area (Å²) in [4.78, 5) is 21.4. The van der Waals surface area contributed by atoms with Gasteiger partial charge < -0.3 is 19.0 Å². The van der Waals surface area contributed by atoms with Crippen LogP contribution in [0.3, 0.4) is 0 Å². The number of hydrogen-bond donors (Lipinski definition) is 1. The van der Waals surface area contributed by atoms with Gasteiger partial charge in [-0.05, 0) is 30.3 Å². The predicted octanol–water partition coefficient (Wildman–Crippen LogP) is 2.86. The van der Waals surface area contributed by atoms with Gasteiger partial charge in [0.05, 0.1) is 10.3 Å². The number of hydrogen-bond acceptors (Lipinski definition) is 7. The average Bonchev–Trinajstić information content (AvgIpc) is 2.60. The van der Waals surface area contributed by atoms with Gasteiger partial charge in [-0.1, -0.05) is 18.2 Å². The smallest absolute Gasteiger partial charge is 0.419 e. The van der Waals surface area contributed by atoms with Crippen LogP contribution < -0.4 is 15.1 Å². The van der Waals surface area contributed by atoms with Gasteiger partial charge in [-0.3, -0.25) is 10.1 Å². The fourth-order valence-electron chi connectivity index (χ4n) is 2.24. The first-order valence-corrected chi connectivity index (χ1v) is 7.31. The van der Waals surface area contributed by atoms with Crippen molar-refractivity contribution in [2.45, 2.75) is 0 Å². The van der Waals surface area contributed by atoms with Crippen molar-refractivity contribution in [3.05, 3.63) is 69.1 Å². The molecule has 0 amide bonds. The van der Waals surface area contributed by atoms with E-state index in [1.165, 1.54) is 18.2 Å². The molecular weight excluding hydrogens is 330 g/mol. The van der Waals surface area contributed by atoms with E-state index in [2.05, 4.69) is 0 Å². The zero-order chi connectivity index (χ0) is 17.8. The second kappa shape index (κ2) is 6.91. The van der Waals surface area contributed by atoms with Gasteiger partial charge in [0.25, 0.3) is 0 Å². The van der Waals surface area contributed by atoms with Crippen molar-refractivity contribution >= 4 is 16.7 Å². The normalized spacial score (nSPS) is 10.6. The molecule has 0 spiro atoms. The number of aromatic hydroxyl groups is 1. The Morgan fingerprint density at radius 2 is 1.72 bits per heavy atom. The Morgan fingerprint density at radius 1 is 1.04 bits per heavy atom. The molecule has 0 saturated carbocycles. The van der Waals surface area contributed by atoms with E-state index in [0.717, 1.165) is 0 Å². The lowest BCUT2D eigenvalue weighted by atomic mass is 10.2. The van der Waals surface area contributed by atoms with E-state index in [1.807, 2.05) is 30.3 Å². The number of para-hydroxylation sites is 1. The molecule has 128 valence electrons. The van der Waals surface area contributed by atoms with Crippen LogP contribution in [0.5, 0.6) is 17.2 Å². The molecule has 0 bridgehead atoms. The Morgan fingerprint density at radius 3 is 2.40 bits per heavy atom. The minimum absolute atomic E-state index is 0.0211. The molecule has 3 rings (SSSR count). The second-order valence-corrected chi connectivity index (χ2v) is 5.01. The summed E-state index contributed by atoms with van der Waals surface area (Å²) in [5, 5.41) is 20.8. The highest BCUT2D eigenvalue weighted by molar-refractivity contribution is 5.87. The molecule has 0 fully saturated rings. The van der Waals surface area contributed by atoms with Crippen LogP contribution in [0, 0.1) is 10.1 Å². The van der Waals surface area contributed by atoms with Gasteiger partial charge in [0, 0.05) is 0 Å². The Bertz CT molecular complexity index is 966. The fourth-order valence-corrected chi connectivity index (χ4v) is 2.24. The summed E-state index contributed by atoms with van der Waals surface area (Å²) in [7, 11) is 0. The Kier molecular flexibility index (Phi) is 4.51. The van der Waals surface area contributed by atoms with Crippen molar-refractivity contribution < 1.29 is 23.9 Å². The molecule has 8 nitrogen and oxygen atoms in total. The van der Waals surface area contributed by atoms with Gasteiger partial charge in [0.15, 0.2) is 0 Å². The first-order valence-electron chi connectivity index (χ1n) is 7.31. The van der Waals surface area contributed by atoms with Gasteiger partial charge in [-0.2, -0.15) is 0 Å². The van der Waals surface area contributed by atoms with Crippen molar-refractivity contribution in [1.82, 2.24) is 0 Å². The maximum atomic E-state index is 11.5. The summed E-state index contributed by atoms with van der Waals surface area (Å²) in [6, 6.07) is 13.5. The molecule has 0 aliphatic rings. The van der Waals surface area contributed by atoms with E-state index >= 15 is 0 Å². The molecule has 2 aromatic carbocycles. The number of nitrogens with zero attached hydrogens (tertiary/aromatic N) is 1. The Hall–Kier alpha value is -3.55. The standard InChI is InChI=1S/C17H13NO7/c19-16-13-10-12(24-9-8-23-11-4-2-1-3-5-11)6-7-14(13)25-17(20)15(16)18(21)22/h1-7,10,19H,8-9H2. The molecule has 1 N–H and O–H groups in total. The molecule has 8 heteroatoms. The van der Waals surface area contributed by atoms with Gasteiger partial charge >= 0.3 is 11.3 Å². The number of ether oxygens (including phenoxy) is 2. The third-order valence-electron chi connectivity index (χ3n) is 3.37. The highest BCUT2D eigenvalue weighted by Gasteiger charge is 2.24. The lowest BCUT2D eigenvalue weighted by molar-refractivity contribution is -0.388. The summed E-state index contributed by atoms with van der Waals surface area (Å²) in [6.45, 7) is 0.512. The first-order chi connectivity index (χ1) is 12.1. The van der Waals surface area contributed by atoms with Crippen LogP contribution in [-0.4, -0.2) is 23.2 Å². The van der Waals surface area contributed by atoms with Crippen LogP contribution >= 0.6 is 0 Å².